The van der Waals surface area contributed by atoms with Gasteiger partial charge in [0.2, 0.25) is 0 Å². The fraction of sp³-hybridized carbons (Fsp3) is 0.583. The lowest BCUT2D eigenvalue weighted by Crippen LogP contribution is -2.46. The monoisotopic (exact) mass is 285 g/mol. The Bertz CT molecular complexity index is 447. The molecule has 1 aromatic heterocycles. The van der Waals surface area contributed by atoms with Crippen LogP contribution in [0.5, 0.6) is 0 Å². The van der Waals surface area contributed by atoms with Crippen molar-refractivity contribution >= 4 is 23.3 Å². The summed E-state index contributed by atoms with van der Waals surface area (Å²) in [5.74, 6) is -1.01. The molecule has 0 aromatic carbocycles. The van der Waals surface area contributed by atoms with Crippen molar-refractivity contribution in [2.45, 2.75) is 39.3 Å². The molecular formula is C12H19N3O3S. The summed E-state index contributed by atoms with van der Waals surface area (Å²) in [6.07, 6.45) is 1.12. The Morgan fingerprint density at radius 3 is 2.74 bits per heavy atom. The van der Waals surface area contributed by atoms with Crippen molar-refractivity contribution in [2.75, 3.05) is 7.05 Å². The van der Waals surface area contributed by atoms with Gasteiger partial charge in [-0.15, -0.1) is 11.3 Å². The normalized spacial score (nSPS) is 11.9. The van der Waals surface area contributed by atoms with Crippen LogP contribution in [-0.4, -0.2) is 40.1 Å². The molecule has 1 heterocycles. The van der Waals surface area contributed by atoms with Gasteiger partial charge >= 0.3 is 12.0 Å². The number of nitrogens with zero attached hydrogens (tertiary/aromatic N) is 2. The summed E-state index contributed by atoms with van der Waals surface area (Å²) in [4.78, 5) is 28.5. The van der Waals surface area contributed by atoms with E-state index in [1.54, 1.807) is 7.05 Å². The zero-order chi connectivity index (χ0) is 14.4. The average molecular weight is 285 g/mol. The summed E-state index contributed by atoms with van der Waals surface area (Å²) in [6, 6.07) is -1.23. The van der Waals surface area contributed by atoms with Crippen molar-refractivity contribution in [3.63, 3.8) is 0 Å². The van der Waals surface area contributed by atoms with Crippen molar-refractivity contribution in [1.29, 1.82) is 0 Å². The zero-order valence-corrected chi connectivity index (χ0v) is 12.2. The molecule has 0 aliphatic rings. The molecule has 1 rings (SSSR count). The number of carbonyl (C=O) groups is 2. The second kappa shape index (κ2) is 7.08. The summed E-state index contributed by atoms with van der Waals surface area (Å²) >= 11 is 1.52. The molecular weight excluding hydrogens is 266 g/mol. The second-order valence-electron chi connectivity index (χ2n) is 4.34. The number of hydrogen-bond donors (Lipinski definition) is 2. The van der Waals surface area contributed by atoms with E-state index in [2.05, 4.69) is 10.3 Å². The van der Waals surface area contributed by atoms with Crippen LogP contribution in [0.4, 0.5) is 4.79 Å². The minimum atomic E-state index is -1.01. The van der Waals surface area contributed by atoms with Crippen LogP contribution in [0.15, 0.2) is 5.38 Å². The number of aryl methyl sites for hydroxylation is 1. The average Bonchev–Trinajstić information content (AvgIpc) is 2.73. The van der Waals surface area contributed by atoms with Gasteiger partial charge in [0.05, 0.1) is 17.2 Å². The van der Waals surface area contributed by atoms with Gasteiger partial charge in [0.1, 0.15) is 6.04 Å². The van der Waals surface area contributed by atoms with Crippen LogP contribution in [0.1, 0.15) is 30.5 Å². The molecule has 0 spiro atoms. The molecule has 0 bridgehead atoms. The van der Waals surface area contributed by atoms with Crippen molar-refractivity contribution < 1.29 is 14.7 Å². The molecule has 106 valence electrons. The number of carboxylic acid groups (broad SMARTS) is 1. The first kappa shape index (κ1) is 15.4. The fourth-order valence-electron chi connectivity index (χ4n) is 1.60. The third-order valence-electron chi connectivity index (χ3n) is 2.59. The topological polar surface area (TPSA) is 82.5 Å². The Morgan fingerprint density at radius 1 is 1.58 bits per heavy atom. The van der Waals surface area contributed by atoms with Gasteiger partial charge in [-0.05, 0) is 13.3 Å². The SMILES string of the molecule is CCCC(NC(=O)N(C)Cc1csc(C)n1)C(=O)O. The molecule has 0 saturated heterocycles. The zero-order valence-electron chi connectivity index (χ0n) is 11.3. The van der Waals surface area contributed by atoms with Crippen molar-refractivity contribution in [1.82, 2.24) is 15.2 Å². The van der Waals surface area contributed by atoms with Crippen LogP contribution in [-0.2, 0) is 11.3 Å². The van der Waals surface area contributed by atoms with Crippen LogP contribution in [0.3, 0.4) is 0 Å². The molecule has 1 aromatic rings. The summed E-state index contributed by atoms with van der Waals surface area (Å²) in [6.45, 7) is 4.15. The number of hydrogen-bond acceptors (Lipinski definition) is 4. The highest BCUT2D eigenvalue weighted by molar-refractivity contribution is 7.09. The quantitative estimate of drug-likeness (QED) is 0.835. The van der Waals surface area contributed by atoms with Crippen molar-refractivity contribution in [2.24, 2.45) is 0 Å². The number of rotatable bonds is 6. The molecule has 7 heteroatoms. The predicted octanol–water partition coefficient (Wildman–Crippen LogP) is 1.85. The number of thiazole rings is 1. The molecule has 0 aliphatic carbocycles. The first-order chi connectivity index (χ1) is 8.93. The van der Waals surface area contributed by atoms with E-state index in [1.807, 2.05) is 19.2 Å². The lowest BCUT2D eigenvalue weighted by molar-refractivity contribution is -0.139. The van der Waals surface area contributed by atoms with Gasteiger partial charge in [0, 0.05) is 12.4 Å². The number of carboxylic acids is 1. The second-order valence-corrected chi connectivity index (χ2v) is 5.41. The molecule has 0 fully saturated rings. The lowest BCUT2D eigenvalue weighted by Gasteiger charge is -2.20. The molecule has 1 unspecified atom stereocenters. The summed E-state index contributed by atoms with van der Waals surface area (Å²) in [5.41, 5.74) is 0.808. The maximum atomic E-state index is 11.9. The number of aliphatic carboxylic acids is 1. The van der Waals surface area contributed by atoms with E-state index in [0.717, 1.165) is 10.7 Å². The van der Waals surface area contributed by atoms with Crippen molar-refractivity contribution in [3.8, 4) is 0 Å². The smallest absolute Gasteiger partial charge is 0.326 e. The fourth-order valence-corrected chi connectivity index (χ4v) is 2.20. The maximum Gasteiger partial charge on any atom is 0.326 e. The van der Waals surface area contributed by atoms with E-state index >= 15 is 0 Å². The molecule has 6 nitrogen and oxygen atoms in total. The van der Waals surface area contributed by atoms with Crippen molar-refractivity contribution in [3.05, 3.63) is 16.1 Å². The molecule has 0 saturated carbocycles. The first-order valence-corrected chi connectivity index (χ1v) is 6.97. The standard InChI is InChI=1S/C12H19N3O3S/c1-4-5-10(11(16)17)14-12(18)15(3)6-9-7-19-8(2)13-9/h7,10H,4-6H2,1-3H3,(H,14,18)(H,16,17). The minimum Gasteiger partial charge on any atom is -0.480 e. The Hall–Kier alpha value is -1.63. The van der Waals surface area contributed by atoms with Crippen LogP contribution in [0, 0.1) is 6.92 Å². The first-order valence-electron chi connectivity index (χ1n) is 6.09. The minimum absolute atomic E-state index is 0.370. The molecule has 2 amide bonds. The van der Waals surface area contributed by atoms with E-state index < -0.39 is 18.0 Å². The Morgan fingerprint density at radius 2 is 2.26 bits per heavy atom. The summed E-state index contributed by atoms with van der Waals surface area (Å²) in [5, 5.41) is 14.3. The molecule has 1 atom stereocenters. The van der Waals surface area contributed by atoms with E-state index in [-0.39, 0.29) is 0 Å². The van der Waals surface area contributed by atoms with E-state index in [9.17, 15) is 9.59 Å². The maximum absolute atomic E-state index is 11.9. The van der Waals surface area contributed by atoms with Gasteiger partial charge < -0.3 is 15.3 Å². The molecule has 0 radical (unpaired) electrons. The van der Waals surface area contributed by atoms with E-state index in [0.29, 0.717) is 19.4 Å². The van der Waals surface area contributed by atoms with Gasteiger partial charge in [-0.3, -0.25) is 0 Å². The lowest BCUT2D eigenvalue weighted by atomic mass is 10.2. The third-order valence-corrected chi connectivity index (χ3v) is 3.41. The number of nitrogens with one attached hydrogen (secondary N) is 1. The third kappa shape index (κ3) is 4.86. The van der Waals surface area contributed by atoms with Crippen LogP contribution in [0.25, 0.3) is 0 Å². The van der Waals surface area contributed by atoms with Crippen LogP contribution >= 0.6 is 11.3 Å². The van der Waals surface area contributed by atoms with Gasteiger partial charge in [0.15, 0.2) is 0 Å². The van der Waals surface area contributed by atoms with Crippen LogP contribution in [0.2, 0.25) is 0 Å². The number of amides is 2. The van der Waals surface area contributed by atoms with E-state index in [1.165, 1.54) is 16.2 Å². The predicted molar refractivity (Wildman–Crippen MR) is 73.2 cm³/mol. The summed E-state index contributed by atoms with van der Waals surface area (Å²) < 4.78 is 0. The van der Waals surface area contributed by atoms with Gasteiger partial charge in [-0.25, -0.2) is 14.6 Å². The highest BCUT2D eigenvalue weighted by atomic mass is 32.1. The summed E-state index contributed by atoms with van der Waals surface area (Å²) in [7, 11) is 1.62. The number of urea groups is 1. The Labute approximate surface area is 116 Å². The molecule has 19 heavy (non-hydrogen) atoms. The largest absolute Gasteiger partial charge is 0.480 e. The number of carbonyl (C=O) groups excluding carboxylic acids is 1. The van der Waals surface area contributed by atoms with Gasteiger partial charge in [-0.1, -0.05) is 13.3 Å². The highest BCUT2D eigenvalue weighted by Crippen LogP contribution is 2.10. The van der Waals surface area contributed by atoms with E-state index in [4.69, 9.17) is 5.11 Å². The molecule has 2 N–H and O–H groups in total. The number of aromatic nitrogens is 1. The Balaban J connectivity index is 2.54. The Kier molecular flexibility index (Phi) is 5.75. The molecule has 0 aliphatic heterocycles. The van der Waals surface area contributed by atoms with Crippen LogP contribution < -0.4 is 5.32 Å². The van der Waals surface area contributed by atoms with Gasteiger partial charge in [0.25, 0.3) is 0 Å². The highest BCUT2D eigenvalue weighted by Gasteiger charge is 2.21. The van der Waals surface area contributed by atoms with Gasteiger partial charge in [-0.2, -0.15) is 0 Å².